The Hall–Kier alpha value is -4.71. The number of aryl methyl sites for hydroxylation is 3. The molecule has 1 N–H and O–H groups in total. The number of alkyl halides is 3. The highest BCUT2D eigenvalue weighted by Gasteiger charge is 2.31. The largest absolute Gasteiger partial charge is 0.573 e. The van der Waals surface area contributed by atoms with Gasteiger partial charge in [0, 0.05) is 29.1 Å². The van der Waals surface area contributed by atoms with Crippen molar-refractivity contribution >= 4 is 17.4 Å². The zero-order chi connectivity index (χ0) is 31.4. The summed E-state index contributed by atoms with van der Waals surface area (Å²) in [6, 6.07) is 18.9. The number of urea groups is 1. The van der Waals surface area contributed by atoms with Gasteiger partial charge in [-0.05, 0) is 68.1 Å². The molecule has 0 radical (unpaired) electrons. The molecule has 0 fully saturated rings. The van der Waals surface area contributed by atoms with E-state index in [-0.39, 0.29) is 11.7 Å². The van der Waals surface area contributed by atoms with Gasteiger partial charge in [0.05, 0.1) is 11.4 Å². The summed E-state index contributed by atoms with van der Waals surface area (Å²) in [7, 11) is 0. The number of amides is 2. The van der Waals surface area contributed by atoms with E-state index in [9.17, 15) is 18.0 Å². The van der Waals surface area contributed by atoms with Gasteiger partial charge in [0.25, 0.3) is 0 Å². The Morgan fingerprint density at radius 1 is 1.02 bits per heavy atom. The van der Waals surface area contributed by atoms with Gasteiger partial charge in [0.15, 0.2) is 10.6 Å². The molecule has 5 rings (SSSR count). The molecule has 0 aliphatic rings. The molecule has 8 nitrogen and oxygen atoms in total. The smallest absolute Gasteiger partial charge is 0.406 e. The van der Waals surface area contributed by atoms with Crippen LogP contribution in [0.2, 0.25) is 0 Å². The van der Waals surface area contributed by atoms with Crippen molar-refractivity contribution in [1.29, 1.82) is 0 Å². The van der Waals surface area contributed by atoms with Crippen LogP contribution in [0.3, 0.4) is 0 Å². The Morgan fingerprint density at radius 2 is 1.70 bits per heavy atom. The van der Waals surface area contributed by atoms with E-state index in [1.54, 1.807) is 0 Å². The van der Waals surface area contributed by atoms with Crippen molar-refractivity contribution in [3.63, 3.8) is 0 Å². The SMILES string of the molecule is CCC(CNC(=O)N=c1scc(C)n1-c1c(C)cccc1C)c1ccc(-c2ncn(-c3ccc(OC(F)(F)F)cc3)n2)cc1. The summed E-state index contributed by atoms with van der Waals surface area (Å²) in [5, 5.41) is 9.43. The van der Waals surface area contributed by atoms with Gasteiger partial charge in [0.1, 0.15) is 12.1 Å². The predicted molar refractivity (Wildman–Crippen MR) is 163 cm³/mol. The van der Waals surface area contributed by atoms with Crippen molar-refractivity contribution in [1.82, 2.24) is 24.6 Å². The number of aromatic nitrogens is 4. The fourth-order valence-corrected chi connectivity index (χ4v) is 5.82. The highest BCUT2D eigenvalue weighted by atomic mass is 32.1. The lowest BCUT2D eigenvalue weighted by Crippen LogP contribution is -2.28. The van der Waals surface area contributed by atoms with Gasteiger partial charge in [0.2, 0.25) is 0 Å². The molecule has 2 amide bonds. The molecule has 0 aliphatic carbocycles. The monoisotopic (exact) mass is 620 g/mol. The van der Waals surface area contributed by atoms with Crippen LogP contribution in [0.5, 0.6) is 5.75 Å². The Balaban J connectivity index is 1.25. The van der Waals surface area contributed by atoms with Crippen molar-refractivity contribution in [2.45, 2.75) is 46.4 Å². The normalized spacial score (nSPS) is 12.8. The topological polar surface area (TPSA) is 86.3 Å². The van der Waals surface area contributed by atoms with Gasteiger partial charge in [-0.25, -0.2) is 14.5 Å². The van der Waals surface area contributed by atoms with Crippen LogP contribution in [0.15, 0.2) is 83.4 Å². The molecule has 12 heteroatoms. The average molecular weight is 621 g/mol. The highest BCUT2D eigenvalue weighted by Crippen LogP contribution is 2.26. The quantitative estimate of drug-likeness (QED) is 0.196. The molecule has 0 spiro atoms. The number of hydrogen-bond acceptors (Lipinski definition) is 5. The first-order valence-corrected chi connectivity index (χ1v) is 14.8. The minimum Gasteiger partial charge on any atom is -0.406 e. The third-order valence-corrected chi connectivity index (χ3v) is 8.14. The molecule has 2 heterocycles. The second-order valence-corrected chi connectivity index (χ2v) is 11.2. The maximum Gasteiger partial charge on any atom is 0.573 e. The number of hydrogen-bond donors (Lipinski definition) is 1. The van der Waals surface area contributed by atoms with Crippen LogP contribution in [0, 0.1) is 20.8 Å². The number of carbonyl (C=O) groups is 1. The van der Waals surface area contributed by atoms with E-state index in [4.69, 9.17) is 0 Å². The first-order valence-electron chi connectivity index (χ1n) is 14.0. The zero-order valence-corrected chi connectivity index (χ0v) is 25.4. The summed E-state index contributed by atoms with van der Waals surface area (Å²) in [6.07, 6.45) is -2.45. The van der Waals surface area contributed by atoms with E-state index in [1.165, 1.54) is 46.6 Å². The van der Waals surface area contributed by atoms with Crippen molar-refractivity contribution in [3.05, 3.63) is 106 Å². The number of rotatable bonds is 8. The fraction of sp³-hybridized carbons (Fsp3) is 0.250. The van der Waals surface area contributed by atoms with Crippen LogP contribution in [0.4, 0.5) is 18.0 Å². The van der Waals surface area contributed by atoms with E-state index in [2.05, 4.69) is 32.1 Å². The lowest BCUT2D eigenvalue weighted by atomic mass is 9.95. The first kappa shape index (κ1) is 30.7. The van der Waals surface area contributed by atoms with E-state index in [0.29, 0.717) is 22.9 Å². The lowest BCUT2D eigenvalue weighted by Gasteiger charge is -2.16. The fourth-order valence-electron chi connectivity index (χ4n) is 4.96. The molecule has 3 aromatic carbocycles. The van der Waals surface area contributed by atoms with Crippen LogP contribution in [0.1, 0.15) is 41.6 Å². The van der Waals surface area contributed by atoms with Gasteiger partial charge < -0.3 is 10.1 Å². The third kappa shape index (κ3) is 7.08. The average Bonchev–Trinajstić information content (AvgIpc) is 3.61. The van der Waals surface area contributed by atoms with Gasteiger partial charge in [-0.1, -0.05) is 49.4 Å². The van der Waals surface area contributed by atoms with Crippen molar-refractivity contribution < 1.29 is 22.7 Å². The second-order valence-electron chi connectivity index (χ2n) is 10.3. The number of nitrogens with one attached hydrogen (secondary N) is 1. The van der Waals surface area contributed by atoms with Gasteiger partial charge in [-0.15, -0.1) is 29.6 Å². The number of halogens is 3. The van der Waals surface area contributed by atoms with Crippen LogP contribution >= 0.6 is 11.3 Å². The summed E-state index contributed by atoms with van der Waals surface area (Å²) in [4.78, 5) is 22.3. The standard InChI is InChI=1S/C32H31F3N6O2S/c1-5-23(17-36-30(42)38-31-41(22(4)18-44-31)28-20(2)7-6-8-21(28)3)24-9-11-25(12-10-24)29-37-19-40(39-29)26-13-15-27(16-14-26)43-32(33,34)35/h6-16,18-19,23H,5,17H2,1-4H3,(H,36,42). The predicted octanol–water partition coefficient (Wildman–Crippen LogP) is 7.41. The van der Waals surface area contributed by atoms with Gasteiger partial charge in [-0.3, -0.25) is 4.57 Å². The van der Waals surface area contributed by atoms with Crippen LogP contribution in [-0.2, 0) is 0 Å². The minimum atomic E-state index is -4.75. The van der Waals surface area contributed by atoms with Crippen molar-refractivity contribution in [2.75, 3.05) is 6.54 Å². The van der Waals surface area contributed by atoms with Crippen molar-refractivity contribution in [3.8, 4) is 28.5 Å². The number of benzene rings is 3. The molecule has 0 aliphatic heterocycles. The zero-order valence-electron chi connectivity index (χ0n) is 24.6. The Kier molecular flexibility index (Phi) is 9.00. The Bertz CT molecular complexity index is 1800. The molecule has 1 atom stereocenters. The number of para-hydroxylation sites is 1. The highest BCUT2D eigenvalue weighted by molar-refractivity contribution is 7.07. The summed E-state index contributed by atoms with van der Waals surface area (Å²) in [5.74, 6) is 0.229. The van der Waals surface area contributed by atoms with E-state index in [0.717, 1.165) is 40.1 Å². The molecule has 0 bridgehead atoms. The minimum absolute atomic E-state index is 0.0713. The first-order chi connectivity index (χ1) is 21.0. The summed E-state index contributed by atoms with van der Waals surface area (Å²) in [5.41, 5.74) is 6.64. The van der Waals surface area contributed by atoms with Crippen LogP contribution in [0.25, 0.3) is 22.8 Å². The maximum absolute atomic E-state index is 12.9. The van der Waals surface area contributed by atoms with Gasteiger partial charge in [-0.2, -0.15) is 4.99 Å². The lowest BCUT2D eigenvalue weighted by molar-refractivity contribution is -0.274. The van der Waals surface area contributed by atoms with E-state index >= 15 is 0 Å². The van der Waals surface area contributed by atoms with E-state index in [1.807, 2.05) is 73.2 Å². The van der Waals surface area contributed by atoms with E-state index < -0.39 is 12.4 Å². The number of nitrogens with zero attached hydrogens (tertiary/aromatic N) is 5. The Labute approximate surface area is 256 Å². The molecule has 2 aromatic heterocycles. The summed E-state index contributed by atoms with van der Waals surface area (Å²) >= 11 is 1.43. The molecular formula is C32H31F3N6O2S. The number of ether oxygens (including phenoxy) is 1. The summed E-state index contributed by atoms with van der Waals surface area (Å²) < 4.78 is 44.7. The molecule has 0 saturated heterocycles. The summed E-state index contributed by atoms with van der Waals surface area (Å²) in [6.45, 7) is 8.59. The number of carbonyl (C=O) groups excluding carboxylic acids is 1. The molecule has 0 saturated carbocycles. The van der Waals surface area contributed by atoms with Gasteiger partial charge >= 0.3 is 12.4 Å². The molecule has 5 aromatic rings. The maximum atomic E-state index is 12.9. The van der Waals surface area contributed by atoms with Crippen LogP contribution < -0.4 is 14.9 Å². The van der Waals surface area contributed by atoms with Crippen LogP contribution in [-0.4, -0.2) is 38.3 Å². The molecule has 44 heavy (non-hydrogen) atoms. The Morgan fingerprint density at radius 3 is 2.34 bits per heavy atom. The second kappa shape index (κ2) is 12.9. The van der Waals surface area contributed by atoms with Crippen molar-refractivity contribution in [2.24, 2.45) is 4.99 Å². The molecular weight excluding hydrogens is 589 g/mol. The third-order valence-electron chi connectivity index (χ3n) is 7.20. The molecule has 1 unspecified atom stereocenters. The number of thiazole rings is 1. The molecule has 228 valence electrons.